The molecule has 0 spiro atoms. The van der Waals surface area contributed by atoms with Gasteiger partial charge in [-0.2, -0.15) is 0 Å². The minimum absolute atomic E-state index is 0.0763. The van der Waals surface area contributed by atoms with Crippen LogP contribution in [0, 0.1) is 17.6 Å². The third-order valence-electron chi connectivity index (χ3n) is 6.80. The molecule has 1 fully saturated rings. The Hall–Kier alpha value is -3.00. The summed E-state index contributed by atoms with van der Waals surface area (Å²) in [5.41, 5.74) is 2.30. The number of nitrogens with one attached hydrogen (secondary N) is 1. The molecule has 0 radical (unpaired) electrons. The molecule has 5 rings (SSSR count). The van der Waals surface area contributed by atoms with E-state index < -0.39 is 17.7 Å². The van der Waals surface area contributed by atoms with E-state index in [-0.39, 0.29) is 36.6 Å². The average molecular weight is 457 g/mol. The van der Waals surface area contributed by atoms with Gasteiger partial charge in [0, 0.05) is 60.3 Å². The molecule has 1 saturated heterocycles. The number of ether oxygens (including phenoxy) is 1. The number of fused-ring (bicyclic) bond motifs is 3. The first-order valence-corrected chi connectivity index (χ1v) is 11.2. The van der Waals surface area contributed by atoms with Gasteiger partial charge in [-0.05, 0) is 25.0 Å². The lowest BCUT2D eigenvalue weighted by Crippen LogP contribution is -2.49. The van der Waals surface area contributed by atoms with Crippen LogP contribution in [0.2, 0.25) is 0 Å². The Balaban J connectivity index is 1.43. The van der Waals surface area contributed by atoms with E-state index in [1.54, 1.807) is 0 Å². The summed E-state index contributed by atoms with van der Waals surface area (Å²) in [4.78, 5) is 18.8. The molecule has 0 bridgehead atoms. The fourth-order valence-electron chi connectivity index (χ4n) is 5.09. The number of carbonyl (C=O) groups is 1. The number of rotatable bonds is 7. The van der Waals surface area contributed by atoms with Crippen LogP contribution in [-0.4, -0.2) is 60.2 Å². The summed E-state index contributed by atoms with van der Waals surface area (Å²) >= 11 is 0. The molecule has 174 valence electrons. The molecule has 0 saturated carbocycles. The molecule has 2 aromatic carbocycles. The van der Waals surface area contributed by atoms with Crippen molar-refractivity contribution < 1.29 is 22.7 Å². The monoisotopic (exact) mass is 457 g/mol. The lowest BCUT2D eigenvalue weighted by Gasteiger charge is -2.38. The van der Waals surface area contributed by atoms with Crippen molar-refractivity contribution in [3.05, 3.63) is 64.9 Å². The molecule has 8 heteroatoms. The van der Waals surface area contributed by atoms with Gasteiger partial charge in [-0.1, -0.05) is 18.2 Å². The van der Waals surface area contributed by atoms with Crippen molar-refractivity contribution in [1.82, 2.24) is 14.8 Å². The highest BCUT2D eigenvalue weighted by Crippen LogP contribution is 2.42. The van der Waals surface area contributed by atoms with Gasteiger partial charge < -0.3 is 14.6 Å². The number of aromatic nitrogens is 1. The molecule has 0 unspecified atom stereocenters. The van der Waals surface area contributed by atoms with E-state index in [0.717, 1.165) is 16.5 Å². The van der Waals surface area contributed by atoms with Crippen LogP contribution in [0.1, 0.15) is 29.8 Å². The topological polar surface area (TPSA) is 48.6 Å². The van der Waals surface area contributed by atoms with Gasteiger partial charge in [0.1, 0.15) is 30.0 Å². The van der Waals surface area contributed by atoms with Crippen molar-refractivity contribution in [2.24, 2.45) is 5.92 Å². The van der Waals surface area contributed by atoms with Crippen LogP contribution >= 0.6 is 0 Å². The molecule has 0 aliphatic carbocycles. The summed E-state index contributed by atoms with van der Waals surface area (Å²) in [6.45, 7) is 3.72. The predicted molar refractivity (Wildman–Crippen MR) is 119 cm³/mol. The number of amides is 1. The van der Waals surface area contributed by atoms with E-state index in [1.807, 2.05) is 36.1 Å². The van der Waals surface area contributed by atoms with Crippen molar-refractivity contribution in [3.63, 3.8) is 0 Å². The largest absolute Gasteiger partial charge is 0.492 e. The normalized spacial score (nSPS) is 21.2. The number of benzene rings is 2. The Morgan fingerprint density at radius 2 is 1.91 bits per heavy atom. The molecule has 2 aliphatic rings. The van der Waals surface area contributed by atoms with Crippen LogP contribution in [0.25, 0.3) is 10.9 Å². The first-order chi connectivity index (χ1) is 16.0. The number of aromatic amines is 1. The molecule has 1 aromatic heterocycles. The Labute approximate surface area is 190 Å². The van der Waals surface area contributed by atoms with Crippen LogP contribution in [-0.2, 0) is 11.2 Å². The molecule has 5 nitrogen and oxygen atoms in total. The van der Waals surface area contributed by atoms with Crippen LogP contribution in [0.3, 0.4) is 0 Å². The highest BCUT2D eigenvalue weighted by atomic mass is 19.1. The van der Waals surface area contributed by atoms with Crippen molar-refractivity contribution in [2.75, 3.05) is 32.9 Å². The highest BCUT2D eigenvalue weighted by Gasteiger charge is 2.38. The van der Waals surface area contributed by atoms with Crippen molar-refractivity contribution >= 4 is 17.3 Å². The second-order valence-corrected chi connectivity index (χ2v) is 9.00. The second kappa shape index (κ2) is 8.74. The first-order valence-electron chi connectivity index (χ1n) is 11.2. The quantitative estimate of drug-likeness (QED) is 0.541. The summed E-state index contributed by atoms with van der Waals surface area (Å²) < 4.78 is 48.7. The second-order valence-electron chi connectivity index (χ2n) is 9.00. The van der Waals surface area contributed by atoms with Crippen LogP contribution in [0.4, 0.5) is 13.2 Å². The Morgan fingerprint density at radius 3 is 2.61 bits per heavy atom. The Morgan fingerprint density at radius 1 is 1.18 bits per heavy atom. The number of hydrogen-bond acceptors (Lipinski definition) is 3. The number of nitrogens with zero attached hydrogens (tertiary/aromatic N) is 2. The standard InChI is InChI=1S/C25H26F3N3O2/c1-15-8-19-18-4-2-3-5-22(18)29-24(19)25(31(15)14-32)23-20(27)9-17(10-21(23)28)33-7-6-30-12-16(11-26)13-30/h2-5,9-10,14-16,25,29H,6-8,11-13H2,1H3/t15-,25-/m1/s1. The Bertz CT molecular complexity index is 1150. The minimum atomic E-state index is -0.901. The molecule has 1 amide bonds. The van der Waals surface area contributed by atoms with Gasteiger partial charge in [-0.15, -0.1) is 0 Å². The molecular formula is C25H26F3N3O2. The van der Waals surface area contributed by atoms with E-state index in [1.165, 1.54) is 17.0 Å². The third kappa shape index (κ3) is 3.86. The maximum atomic E-state index is 15.3. The molecule has 1 N–H and O–H groups in total. The summed E-state index contributed by atoms with van der Waals surface area (Å²) in [6, 6.07) is 8.92. The van der Waals surface area contributed by atoms with Gasteiger partial charge >= 0.3 is 0 Å². The smallest absolute Gasteiger partial charge is 0.210 e. The number of alkyl halides is 1. The highest BCUT2D eigenvalue weighted by molar-refractivity contribution is 5.85. The van der Waals surface area contributed by atoms with Crippen LogP contribution < -0.4 is 4.74 Å². The fourth-order valence-corrected chi connectivity index (χ4v) is 5.09. The van der Waals surface area contributed by atoms with E-state index in [2.05, 4.69) is 4.98 Å². The summed E-state index contributed by atoms with van der Waals surface area (Å²) in [6.07, 6.45) is 1.25. The number of carbonyl (C=O) groups excluding carboxylic acids is 1. The SMILES string of the molecule is C[C@@H]1Cc2c([nH]c3ccccc23)[C@@H](c2c(F)cc(OCCN3CC(CF)C3)cc2F)N1C=O. The van der Waals surface area contributed by atoms with E-state index in [4.69, 9.17) is 4.74 Å². The number of likely N-dealkylation sites (tertiary alicyclic amines) is 1. The van der Waals surface area contributed by atoms with E-state index in [9.17, 15) is 9.18 Å². The van der Waals surface area contributed by atoms with E-state index in [0.29, 0.717) is 38.2 Å². The van der Waals surface area contributed by atoms with Crippen molar-refractivity contribution in [3.8, 4) is 5.75 Å². The molecule has 3 heterocycles. The van der Waals surface area contributed by atoms with Crippen LogP contribution in [0.15, 0.2) is 36.4 Å². The van der Waals surface area contributed by atoms with Gasteiger partial charge in [0.05, 0.1) is 12.2 Å². The Kier molecular flexibility index (Phi) is 5.78. The molecule has 2 atom stereocenters. The van der Waals surface area contributed by atoms with E-state index >= 15 is 8.78 Å². The predicted octanol–water partition coefficient (Wildman–Crippen LogP) is 4.22. The maximum absolute atomic E-state index is 15.3. The lowest BCUT2D eigenvalue weighted by molar-refractivity contribution is -0.122. The van der Waals surface area contributed by atoms with Gasteiger partial charge in [0.25, 0.3) is 0 Å². The average Bonchev–Trinajstić information content (AvgIpc) is 3.13. The summed E-state index contributed by atoms with van der Waals surface area (Å²) in [7, 11) is 0. The number of H-pyrrole nitrogens is 1. The summed E-state index contributed by atoms with van der Waals surface area (Å²) in [5.74, 6) is -1.36. The molecule has 3 aromatic rings. The zero-order valence-corrected chi connectivity index (χ0v) is 18.4. The number of halogens is 3. The van der Waals surface area contributed by atoms with Crippen molar-refractivity contribution in [2.45, 2.75) is 25.4 Å². The lowest BCUT2D eigenvalue weighted by atomic mass is 9.88. The van der Waals surface area contributed by atoms with Crippen molar-refractivity contribution in [1.29, 1.82) is 0 Å². The van der Waals surface area contributed by atoms with Crippen LogP contribution in [0.5, 0.6) is 5.75 Å². The van der Waals surface area contributed by atoms with Gasteiger partial charge in [-0.25, -0.2) is 8.78 Å². The zero-order chi connectivity index (χ0) is 23.1. The molecule has 33 heavy (non-hydrogen) atoms. The maximum Gasteiger partial charge on any atom is 0.210 e. The number of hydrogen-bond donors (Lipinski definition) is 1. The minimum Gasteiger partial charge on any atom is -0.492 e. The van der Waals surface area contributed by atoms with Gasteiger partial charge in [0.2, 0.25) is 6.41 Å². The molecule has 2 aliphatic heterocycles. The van der Waals surface area contributed by atoms with Gasteiger partial charge in [-0.3, -0.25) is 14.1 Å². The first kappa shape index (κ1) is 21.8. The molecular weight excluding hydrogens is 431 g/mol. The fraction of sp³-hybridized carbons (Fsp3) is 0.400. The van der Waals surface area contributed by atoms with Gasteiger partial charge in [0.15, 0.2) is 0 Å². The third-order valence-corrected chi connectivity index (χ3v) is 6.80. The number of para-hydroxylation sites is 1. The zero-order valence-electron chi connectivity index (χ0n) is 18.4. The summed E-state index contributed by atoms with van der Waals surface area (Å²) in [5, 5.41) is 0.997.